The van der Waals surface area contributed by atoms with Gasteiger partial charge in [0.2, 0.25) is 0 Å². The summed E-state index contributed by atoms with van der Waals surface area (Å²) in [5, 5.41) is 0. The molecular formula is C19H22. The van der Waals surface area contributed by atoms with Gasteiger partial charge in [0, 0.05) is 18.3 Å². The summed E-state index contributed by atoms with van der Waals surface area (Å²) in [4.78, 5) is 0. The van der Waals surface area contributed by atoms with Gasteiger partial charge in [-0.2, -0.15) is 0 Å². The molecule has 3 rings (SSSR count). The average molecular weight is 250 g/mol. The lowest BCUT2D eigenvalue weighted by Crippen LogP contribution is -2.16. The summed E-state index contributed by atoms with van der Waals surface area (Å²) in [6.45, 7) is 2.23. The predicted octanol–water partition coefficient (Wildman–Crippen LogP) is 4.79. The molecule has 0 unspecified atom stereocenters. The van der Waals surface area contributed by atoms with Crippen molar-refractivity contribution in [2.45, 2.75) is 38.5 Å². The van der Waals surface area contributed by atoms with E-state index >= 15 is 0 Å². The Morgan fingerprint density at radius 1 is 1.11 bits per heavy atom. The third kappa shape index (κ3) is 2.47. The first-order valence-corrected chi connectivity index (χ1v) is 7.62. The van der Waals surface area contributed by atoms with Gasteiger partial charge >= 0.3 is 0 Å². The summed E-state index contributed by atoms with van der Waals surface area (Å²) in [6, 6.07) is 11.0. The number of unbranched alkanes of at least 4 members (excludes halogenated alkanes) is 2. The zero-order chi connectivity index (χ0) is 13.1. The van der Waals surface area contributed by atoms with Crippen LogP contribution in [0.25, 0.3) is 0 Å². The fourth-order valence-electron chi connectivity index (χ4n) is 3.60. The normalized spacial score (nSPS) is 31.2. The minimum atomic E-state index is 0.550. The van der Waals surface area contributed by atoms with Crippen molar-refractivity contribution >= 4 is 0 Å². The lowest BCUT2D eigenvalue weighted by atomic mass is 9.79. The van der Waals surface area contributed by atoms with Crippen LogP contribution in [0, 0.1) is 29.6 Å². The highest BCUT2D eigenvalue weighted by Gasteiger charge is 2.44. The van der Waals surface area contributed by atoms with Crippen LogP contribution < -0.4 is 0 Å². The molecule has 2 aliphatic rings. The summed E-state index contributed by atoms with van der Waals surface area (Å²) in [5.74, 6) is 9.62. The molecule has 2 aliphatic carbocycles. The van der Waals surface area contributed by atoms with Gasteiger partial charge in [-0.05, 0) is 30.2 Å². The maximum absolute atomic E-state index is 3.60. The molecule has 98 valence electrons. The summed E-state index contributed by atoms with van der Waals surface area (Å²) >= 11 is 0. The molecule has 1 fully saturated rings. The largest absolute Gasteiger partial charge is 0.103 e. The fourth-order valence-corrected chi connectivity index (χ4v) is 3.60. The van der Waals surface area contributed by atoms with E-state index in [1.807, 2.05) is 0 Å². The molecule has 19 heavy (non-hydrogen) atoms. The molecule has 4 atom stereocenters. The van der Waals surface area contributed by atoms with E-state index in [4.69, 9.17) is 0 Å². The second kappa shape index (κ2) is 5.66. The Balaban J connectivity index is 1.81. The fraction of sp³-hybridized carbons (Fsp3) is 0.474. The summed E-state index contributed by atoms with van der Waals surface area (Å²) in [6.07, 6.45) is 9.69. The van der Waals surface area contributed by atoms with Crippen LogP contribution in [0.1, 0.15) is 44.1 Å². The van der Waals surface area contributed by atoms with E-state index in [1.54, 1.807) is 0 Å². The Hall–Kier alpha value is -1.48. The van der Waals surface area contributed by atoms with E-state index in [-0.39, 0.29) is 0 Å². The van der Waals surface area contributed by atoms with E-state index in [0.29, 0.717) is 17.8 Å². The van der Waals surface area contributed by atoms with Crippen LogP contribution in [-0.4, -0.2) is 0 Å². The number of rotatable bonds is 3. The maximum atomic E-state index is 3.60. The quantitative estimate of drug-likeness (QED) is 0.411. The third-order valence-electron chi connectivity index (χ3n) is 4.57. The molecule has 0 radical (unpaired) electrons. The van der Waals surface area contributed by atoms with Gasteiger partial charge in [-0.3, -0.25) is 0 Å². The van der Waals surface area contributed by atoms with Gasteiger partial charge in [0.25, 0.3) is 0 Å². The lowest BCUT2D eigenvalue weighted by molar-refractivity contribution is 0.493. The van der Waals surface area contributed by atoms with E-state index < -0.39 is 0 Å². The monoisotopic (exact) mass is 250 g/mol. The van der Waals surface area contributed by atoms with Crippen LogP contribution in [-0.2, 0) is 0 Å². The van der Waals surface area contributed by atoms with E-state index in [2.05, 4.69) is 61.2 Å². The van der Waals surface area contributed by atoms with Crippen LogP contribution >= 0.6 is 0 Å². The molecule has 0 aliphatic heterocycles. The van der Waals surface area contributed by atoms with Crippen molar-refractivity contribution in [3.8, 4) is 11.8 Å². The van der Waals surface area contributed by atoms with Gasteiger partial charge in [-0.25, -0.2) is 0 Å². The van der Waals surface area contributed by atoms with Crippen LogP contribution in [0.4, 0.5) is 0 Å². The molecule has 1 aromatic rings. The van der Waals surface area contributed by atoms with Gasteiger partial charge in [0.15, 0.2) is 0 Å². The van der Waals surface area contributed by atoms with Crippen LogP contribution in [0.2, 0.25) is 0 Å². The zero-order valence-electron chi connectivity index (χ0n) is 11.7. The molecule has 0 heteroatoms. The highest BCUT2D eigenvalue weighted by molar-refractivity contribution is 5.33. The smallest absolute Gasteiger partial charge is 0.0340 e. The highest BCUT2D eigenvalue weighted by atomic mass is 14.5. The molecule has 0 heterocycles. The molecule has 1 saturated carbocycles. The SMILES string of the molecule is CCCCC#C[C@@H]1[C@H](c2ccccc2)[C@H]2C=C[C@@H]1C2. The average Bonchev–Trinajstić information content (AvgIpc) is 3.05. The first-order valence-electron chi connectivity index (χ1n) is 7.62. The first-order chi connectivity index (χ1) is 9.40. The van der Waals surface area contributed by atoms with Crippen molar-refractivity contribution in [2.24, 2.45) is 17.8 Å². The highest BCUT2D eigenvalue weighted by Crippen LogP contribution is 2.52. The van der Waals surface area contributed by atoms with Gasteiger partial charge in [-0.1, -0.05) is 61.7 Å². The van der Waals surface area contributed by atoms with Gasteiger partial charge in [0.1, 0.15) is 0 Å². The minimum absolute atomic E-state index is 0.550. The zero-order valence-corrected chi connectivity index (χ0v) is 11.7. The van der Waals surface area contributed by atoms with Crippen LogP contribution in [0.5, 0.6) is 0 Å². The Bertz CT molecular complexity index is 500. The standard InChI is InChI=1S/C19H22/c1-2-3-4-8-11-18-16-12-13-17(14-16)19(18)15-9-6-5-7-10-15/h5-7,9-10,12-13,16-19H,2-4,14H2,1H3/t16-,17+,18+,19-/m1/s1. The van der Waals surface area contributed by atoms with Gasteiger partial charge in [-0.15, -0.1) is 5.92 Å². The molecular weight excluding hydrogens is 228 g/mol. The number of fused-ring (bicyclic) bond motifs is 2. The Morgan fingerprint density at radius 2 is 1.89 bits per heavy atom. The van der Waals surface area contributed by atoms with Crippen molar-refractivity contribution in [3.05, 3.63) is 48.0 Å². The molecule has 0 aromatic heterocycles. The third-order valence-corrected chi connectivity index (χ3v) is 4.57. The summed E-state index contributed by atoms with van der Waals surface area (Å²) in [7, 11) is 0. The number of allylic oxidation sites excluding steroid dienone is 2. The maximum Gasteiger partial charge on any atom is 0.0340 e. The first kappa shape index (κ1) is 12.5. The lowest BCUT2D eigenvalue weighted by Gasteiger charge is -2.24. The molecule has 1 aromatic carbocycles. The Labute approximate surface area is 116 Å². The van der Waals surface area contributed by atoms with Crippen molar-refractivity contribution < 1.29 is 0 Å². The number of hydrogen-bond acceptors (Lipinski definition) is 0. The second-order valence-corrected chi connectivity index (χ2v) is 5.84. The van der Waals surface area contributed by atoms with Gasteiger partial charge < -0.3 is 0 Å². The van der Waals surface area contributed by atoms with E-state index in [9.17, 15) is 0 Å². The summed E-state index contributed by atoms with van der Waals surface area (Å²) < 4.78 is 0. The molecule has 0 nitrogen and oxygen atoms in total. The van der Waals surface area contributed by atoms with Crippen molar-refractivity contribution in [3.63, 3.8) is 0 Å². The minimum Gasteiger partial charge on any atom is -0.103 e. The number of hydrogen-bond donors (Lipinski definition) is 0. The topological polar surface area (TPSA) is 0 Å². The van der Waals surface area contributed by atoms with Gasteiger partial charge in [0.05, 0.1) is 0 Å². The van der Waals surface area contributed by atoms with Crippen molar-refractivity contribution in [1.29, 1.82) is 0 Å². The predicted molar refractivity (Wildman–Crippen MR) is 80.7 cm³/mol. The molecule has 0 amide bonds. The molecule has 0 N–H and O–H groups in total. The molecule has 0 spiro atoms. The van der Waals surface area contributed by atoms with Crippen molar-refractivity contribution in [2.75, 3.05) is 0 Å². The van der Waals surface area contributed by atoms with Crippen LogP contribution in [0.15, 0.2) is 42.5 Å². The molecule has 0 saturated heterocycles. The Kier molecular flexibility index (Phi) is 3.74. The van der Waals surface area contributed by atoms with Crippen LogP contribution in [0.3, 0.4) is 0 Å². The number of benzene rings is 1. The van der Waals surface area contributed by atoms with E-state index in [0.717, 1.165) is 12.3 Å². The van der Waals surface area contributed by atoms with Crippen molar-refractivity contribution in [1.82, 2.24) is 0 Å². The Morgan fingerprint density at radius 3 is 2.68 bits per heavy atom. The second-order valence-electron chi connectivity index (χ2n) is 5.84. The van der Waals surface area contributed by atoms with E-state index in [1.165, 1.54) is 24.8 Å². The summed E-state index contributed by atoms with van der Waals surface area (Å²) in [5.41, 5.74) is 1.48. The molecule has 2 bridgehead atoms.